The highest BCUT2D eigenvalue weighted by molar-refractivity contribution is 6.17. The summed E-state index contributed by atoms with van der Waals surface area (Å²) in [5.41, 5.74) is -1.03. The average molecular weight is 836 g/mol. The van der Waals surface area contributed by atoms with Gasteiger partial charge in [-0.2, -0.15) is 0 Å². The minimum atomic E-state index is -1.77. The van der Waals surface area contributed by atoms with Gasteiger partial charge in [0.15, 0.2) is 22.4 Å². The number of ether oxygens (including phenoxy) is 5. The van der Waals surface area contributed by atoms with Gasteiger partial charge in [0, 0.05) is 55.0 Å². The molecular weight excluding hydrogens is 783 g/mol. The van der Waals surface area contributed by atoms with E-state index in [9.17, 15) is 19.5 Å². The number of aromatic nitrogens is 1. The summed E-state index contributed by atoms with van der Waals surface area (Å²) in [7, 11) is 0. The lowest BCUT2D eigenvalue weighted by atomic mass is 9.86. The zero-order valence-corrected chi connectivity index (χ0v) is 35.7. The molecule has 1 saturated heterocycles. The monoisotopic (exact) mass is 835 g/mol. The van der Waals surface area contributed by atoms with Crippen LogP contribution in [0.15, 0.2) is 62.3 Å². The number of nitrogens with one attached hydrogen (secondary N) is 1. The lowest BCUT2D eigenvalue weighted by molar-refractivity contribution is -0.155. The Bertz CT molecular complexity index is 2710. The first kappa shape index (κ1) is 41.8. The van der Waals surface area contributed by atoms with Gasteiger partial charge < -0.3 is 38.5 Å². The van der Waals surface area contributed by atoms with Crippen LogP contribution in [0.2, 0.25) is 0 Å². The van der Waals surface area contributed by atoms with Crippen molar-refractivity contribution in [2.45, 2.75) is 98.6 Å². The number of hydrogen-bond donors (Lipinski definition) is 2. The van der Waals surface area contributed by atoms with E-state index >= 15 is 4.79 Å². The summed E-state index contributed by atoms with van der Waals surface area (Å²) in [5.74, 6) is -2.87. The topological polar surface area (TPSA) is 176 Å². The molecule has 4 aromatic rings. The minimum Gasteiger partial charge on any atom is -0.505 e. The van der Waals surface area contributed by atoms with Crippen molar-refractivity contribution in [3.8, 4) is 17.2 Å². The Hall–Kier alpha value is -5.89. The maximum atomic E-state index is 15.4. The molecule has 6 atom stereocenters. The van der Waals surface area contributed by atoms with Gasteiger partial charge >= 0.3 is 11.8 Å². The first-order chi connectivity index (χ1) is 29.1. The van der Waals surface area contributed by atoms with Crippen LogP contribution in [0.1, 0.15) is 79.2 Å². The smallest absolute Gasteiger partial charge is 0.307 e. The summed E-state index contributed by atoms with van der Waals surface area (Å²) >= 11 is 0. The summed E-state index contributed by atoms with van der Waals surface area (Å²) in [6.07, 6.45) is 11.0. The van der Waals surface area contributed by atoms with Crippen LogP contribution in [-0.2, 0) is 19.1 Å². The number of allylic oxidation sites excluding steroid dienone is 4. The molecule has 0 saturated carbocycles. The molecule has 322 valence electrons. The van der Waals surface area contributed by atoms with Crippen molar-refractivity contribution in [3.63, 3.8) is 0 Å². The number of rotatable bonds is 5. The predicted molar refractivity (Wildman–Crippen MR) is 231 cm³/mol. The Labute approximate surface area is 352 Å². The van der Waals surface area contributed by atoms with Crippen LogP contribution in [0.5, 0.6) is 17.2 Å². The molecule has 0 aliphatic carbocycles. The molecule has 5 heterocycles. The highest BCUT2D eigenvalue weighted by Crippen LogP contribution is 2.44. The summed E-state index contributed by atoms with van der Waals surface area (Å²) < 4.78 is 38.3. The molecule has 14 nitrogen and oxygen atoms in total. The van der Waals surface area contributed by atoms with Gasteiger partial charge in [-0.3, -0.25) is 24.1 Å². The number of anilines is 1. The largest absolute Gasteiger partial charge is 0.505 e. The van der Waals surface area contributed by atoms with Gasteiger partial charge in [-0.1, -0.05) is 39.0 Å². The number of amides is 1. The van der Waals surface area contributed by atoms with Crippen molar-refractivity contribution >= 4 is 56.3 Å². The van der Waals surface area contributed by atoms with Crippen molar-refractivity contribution in [2.75, 3.05) is 31.6 Å². The van der Waals surface area contributed by atoms with Gasteiger partial charge in [0.25, 0.3) is 5.91 Å². The second-order valence-corrected chi connectivity index (χ2v) is 17.2. The van der Waals surface area contributed by atoms with E-state index in [-0.39, 0.29) is 84.6 Å². The van der Waals surface area contributed by atoms with Gasteiger partial charge in [-0.05, 0) is 77.0 Å². The van der Waals surface area contributed by atoms with E-state index in [2.05, 4.69) is 24.1 Å². The lowest BCUT2D eigenvalue weighted by Gasteiger charge is -2.34. The Morgan fingerprint density at radius 3 is 2.57 bits per heavy atom. The van der Waals surface area contributed by atoms with Crippen LogP contribution >= 0.6 is 0 Å². The van der Waals surface area contributed by atoms with Gasteiger partial charge in [0.1, 0.15) is 47.3 Å². The molecule has 6 bridgehead atoms. The molecule has 8 rings (SSSR count). The second kappa shape index (κ2) is 16.5. The second-order valence-electron chi connectivity index (χ2n) is 17.2. The van der Waals surface area contributed by atoms with Crippen LogP contribution in [0.3, 0.4) is 0 Å². The fourth-order valence-corrected chi connectivity index (χ4v) is 9.08. The number of likely N-dealkylation sites (tertiary alicyclic amines) is 1. The number of carbonyl (C=O) groups is 2. The van der Waals surface area contributed by atoms with E-state index < -0.39 is 40.7 Å². The Balaban J connectivity index is 1.46. The van der Waals surface area contributed by atoms with Gasteiger partial charge in [-0.15, -0.1) is 0 Å². The van der Waals surface area contributed by atoms with Crippen LogP contribution in [-0.4, -0.2) is 71.1 Å². The van der Waals surface area contributed by atoms with Crippen LogP contribution in [0, 0.1) is 24.7 Å². The number of carbonyl (C=O) groups excluding carboxylic acids is 2. The zero-order chi connectivity index (χ0) is 43.3. The molecule has 4 aliphatic rings. The number of esters is 1. The predicted octanol–water partition coefficient (Wildman–Crippen LogP) is 6.89. The molecule has 3 unspecified atom stereocenters. The number of benzene rings is 3. The Morgan fingerprint density at radius 1 is 1.05 bits per heavy atom. The van der Waals surface area contributed by atoms with E-state index in [1.54, 1.807) is 39.0 Å². The zero-order valence-electron chi connectivity index (χ0n) is 35.7. The lowest BCUT2D eigenvalue weighted by Crippen LogP contribution is -2.41. The van der Waals surface area contributed by atoms with Crippen molar-refractivity contribution in [3.05, 3.63) is 79.5 Å². The number of nitrogens with zero attached hydrogens (tertiary/aromatic N) is 2. The SMILES string of the molecule is CC(=O)OC1C2C[C@H](C)CC(C)/C=C/C=C(/C)C(=O)Nc3c(=O)c4c(c(C)c5c(c4c4nc6c(=O)cc(OCCN7CCCC7)cc6oc34)=C(O)[C@@](C)(O/C=C/C[C@H]1C)O5)O2. The van der Waals surface area contributed by atoms with E-state index in [1.165, 1.54) is 19.3 Å². The minimum absolute atomic E-state index is 0.0216. The third kappa shape index (κ3) is 7.93. The molecule has 14 heteroatoms. The quantitative estimate of drug-likeness (QED) is 0.121. The third-order valence-corrected chi connectivity index (χ3v) is 12.2. The van der Waals surface area contributed by atoms with Gasteiger partial charge in [-0.25, -0.2) is 4.98 Å². The normalized spacial score (nSPS) is 27.8. The van der Waals surface area contributed by atoms with Crippen LogP contribution < -0.4 is 35.6 Å². The molecule has 61 heavy (non-hydrogen) atoms. The highest BCUT2D eigenvalue weighted by Gasteiger charge is 2.44. The molecule has 2 N–H and O–H groups in total. The maximum absolute atomic E-state index is 15.4. The standard InChI is InChI=1S/C47H53N3O11/c1-24-12-10-13-27(4)46(55)49-39-40(53)35-34(38-44(39)59-32-23-30(22-31(52)37(32)48-38)56-19-17-50-15-8-9-16-50)36-43-28(5)42(35)60-33(21-25(2)20-24)41(58-29(6)51)26(3)14-11-18-57-47(7,61-43)45(36)54/h10-13,18,22-26,33,41,54H,8-9,14-17,19-21H2,1-7H3,(H,49,55)/b12-10+,18-11+,27-13-/t24?,25-,26-,33?,41?,47+/m1/s1. The molecule has 1 fully saturated rings. The van der Waals surface area contributed by atoms with Crippen LogP contribution in [0.4, 0.5) is 5.69 Å². The number of aliphatic hydroxyl groups is 1. The van der Waals surface area contributed by atoms with E-state index in [4.69, 9.17) is 33.1 Å². The van der Waals surface area contributed by atoms with Crippen LogP contribution in [0.25, 0.3) is 38.7 Å². The molecule has 3 aromatic carbocycles. The van der Waals surface area contributed by atoms with Crippen molar-refractivity contribution in [1.82, 2.24) is 9.88 Å². The molecule has 4 aliphatic heterocycles. The summed E-state index contributed by atoms with van der Waals surface area (Å²) in [6, 6.07) is 2.88. The van der Waals surface area contributed by atoms with Crippen molar-refractivity contribution < 1.29 is 42.8 Å². The first-order valence-corrected chi connectivity index (χ1v) is 21.2. The number of hydrogen-bond acceptors (Lipinski definition) is 13. The summed E-state index contributed by atoms with van der Waals surface area (Å²) in [4.78, 5) is 63.3. The van der Waals surface area contributed by atoms with E-state index in [0.29, 0.717) is 37.1 Å². The van der Waals surface area contributed by atoms with Gasteiger partial charge in [0.05, 0.1) is 16.9 Å². The highest BCUT2D eigenvalue weighted by atomic mass is 16.7. The summed E-state index contributed by atoms with van der Waals surface area (Å²) in [5, 5.41) is 15.1. The van der Waals surface area contributed by atoms with E-state index in [0.717, 1.165) is 32.4 Å². The maximum Gasteiger partial charge on any atom is 0.307 e. The summed E-state index contributed by atoms with van der Waals surface area (Å²) in [6.45, 7) is 15.4. The molecule has 0 spiro atoms. The average Bonchev–Trinajstić information content (AvgIpc) is 3.82. The van der Waals surface area contributed by atoms with E-state index in [1.807, 2.05) is 19.1 Å². The fourth-order valence-electron chi connectivity index (χ4n) is 9.08. The Morgan fingerprint density at radius 2 is 1.82 bits per heavy atom. The van der Waals surface area contributed by atoms with Gasteiger partial charge in [0.2, 0.25) is 10.9 Å². The number of fused-ring (bicyclic) bond motifs is 8. The fraction of sp³-hybridized carbons (Fsp3) is 0.468. The van der Waals surface area contributed by atoms with Crippen molar-refractivity contribution in [2.24, 2.45) is 17.8 Å². The molecule has 0 radical (unpaired) electrons. The molecular formula is C47H53N3O11. The first-order valence-electron chi connectivity index (χ1n) is 21.2. The Kier molecular flexibility index (Phi) is 11.3. The third-order valence-electron chi connectivity index (χ3n) is 12.2. The molecule has 1 amide bonds. The van der Waals surface area contributed by atoms with Crippen molar-refractivity contribution in [1.29, 1.82) is 0 Å². The molecule has 1 aromatic heterocycles. The number of aliphatic hydroxyl groups excluding tert-OH is 1.